The zero-order valence-electron chi connectivity index (χ0n) is 24.7. The van der Waals surface area contributed by atoms with E-state index in [0.29, 0.717) is 38.4 Å². The summed E-state index contributed by atoms with van der Waals surface area (Å²) < 4.78 is 48.9. The molecule has 3 aliphatic rings. The highest BCUT2D eigenvalue weighted by Crippen LogP contribution is 2.45. The Labute approximate surface area is 244 Å². The molecule has 228 valence electrons. The summed E-state index contributed by atoms with van der Waals surface area (Å²) in [5.74, 6) is -0.0222. The Balaban J connectivity index is 1.53. The number of amides is 1. The average Bonchev–Trinajstić information content (AvgIpc) is 3.34. The topological polar surface area (TPSA) is 101 Å². The van der Waals surface area contributed by atoms with Gasteiger partial charge < -0.3 is 25.2 Å². The number of alkyl halides is 3. The molecule has 2 aromatic heterocycles. The Hall–Kier alpha value is -3.41. The summed E-state index contributed by atoms with van der Waals surface area (Å²) in [7, 11) is 2.07. The van der Waals surface area contributed by atoms with Gasteiger partial charge in [-0.1, -0.05) is 13.5 Å². The van der Waals surface area contributed by atoms with Crippen molar-refractivity contribution in [3.8, 4) is 6.01 Å². The molecule has 9 nitrogen and oxygen atoms in total. The highest BCUT2D eigenvalue weighted by molar-refractivity contribution is 5.87. The van der Waals surface area contributed by atoms with Crippen LogP contribution in [0.1, 0.15) is 60.7 Å². The molecule has 4 heterocycles. The van der Waals surface area contributed by atoms with Gasteiger partial charge in [-0.15, -0.1) is 0 Å². The third-order valence-corrected chi connectivity index (χ3v) is 9.04. The third-order valence-electron chi connectivity index (χ3n) is 9.04. The maximum absolute atomic E-state index is 14.3. The number of likely N-dealkylation sites (N-methyl/N-ethyl adjacent to an activating group) is 1. The summed E-state index contributed by atoms with van der Waals surface area (Å²) in [6.07, 6.45) is -0.383. The van der Waals surface area contributed by atoms with Gasteiger partial charge in [-0.25, -0.2) is 4.98 Å². The number of nitrogen functional groups attached to an aromatic ring is 1. The van der Waals surface area contributed by atoms with Crippen LogP contribution in [0.3, 0.4) is 0 Å². The van der Waals surface area contributed by atoms with Crippen LogP contribution in [0.5, 0.6) is 6.01 Å². The minimum Gasteiger partial charge on any atom is -0.462 e. The lowest BCUT2D eigenvalue weighted by Crippen LogP contribution is -2.54. The Bertz CT molecular complexity index is 1350. The fourth-order valence-corrected chi connectivity index (χ4v) is 6.74. The van der Waals surface area contributed by atoms with Crippen LogP contribution in [0.15, 0.2) is 18.7 Å². The number of halogens is 3. The predicted octanol–water partition coefficient (Wildman–Crippen LogP) is 4.00. The molecule has 12 heteroatoms. The molecule has 0 saturated carbocycles. The van der Waals surface area contributed by atoms with E-state index < -0.39 is 17.7 Å². The summed E-state index contributed by atoms with van der Waals surface area (Å²) in [6.45, 7) is 12.0. The lowest BCUT2D eigenvalue weighted by molar-refractivity contribution is -0.139. The van der Waals surface area contributed by atoms with Crippen molar-refractivity contribution >= 4 is 17.5 Å². The van der Waals surface area contributed by atoms with Gasteiger partial charge >= 0.3 is 12.2 Å². The van der Waals surface area contributed by atoms with Crippen molar-refractivity contribution < 1.29 is 22.7 Å². The minimum atomic E-state index is -4.56. The molecule has 5 rings (SSSR count). The Morgan fingerprint density at radius 1 is 1.19 bits per heavy atom. The summed E-state index contributed by atoms with van der Waals surface area (Å²) in [6, 6.07) is 1.71. The zero-order valence-corrected chi connectivity index (χ0v) is 24.7. The van der Waals surface area contributed by atoms with Crippen LogP contribution in [0.4, 0.5) is 24.8 Å². The van der Waals surface area contributed by atoms with Crippen molar-refractivity contribution in [3.05, 3.63) is 46.8 Å². The number of pyridine rings is 1. The number of carbonyl (C=O) groups is 1. The molecule has 2 fully saturated rings. The predicted molar refractivity (Wildman–Crippen MR) is 154 cm³/mol. The van der Waals surface area contributed by atoms with Crippen molar-refractivity contribution in [2.75, 3.05) is 50.5 Å². The Morgan fingerprint density at radius 2 is 1.95 bits per heavy atom. The van der Waals surface area contributed by atoms with Gasteiger partial charge in [-0.3, -0.25) is 4.79 Å². The number of aromatic nitrogens is 3. The SMILES string of the molecule is C=CC(=O)N1CCN(c2nc(OCC3CCCN3C)nc3c2C[C@H](C)[C@@H](c2nc(N)cc(C)c2C(F)(F)F)C3)C(C)C1. The molecule has 0 aromatic carbocycles. The normalized spacial score (nSPS) is 24.9. The average molecular weight is 588 g/mol. The van der Waals surface area contributed by atoms with Crippen LogP contribution in [0.2, 0.25) is 0 Å². The van der Waals surface area contributed by atoms with Gasteiger partial charge in [0.05, 0.1) is 17.0 Å². The molecule has 4 atom stereocenters. The van der Waals surface area contributed by atoms with E-state index in [0.717, 1.165) is 30.8 Å². The number of nitrogens with two attached hydrogens (primary N) is 1. The number of hydrogen-bond donors (Lipinski definition) is 1. The first-order valence-electron chi connectivity index (χ1n) is 14.6. The highest BCUT2D eigenvalue weighted by Gasteiger charge is 2.42. The van der Waals surface area contributed by atoms with Crippen LogP contribution in [-0.2, 0) is 23.8 Å². The van der Waals surface area contributed by atoms with Gasteiger partial charge in [0.25, 0.3) is 0 Å². The van der Waals surface area contributed by atoms with Crippen LogP contribution in [0, 0.1) is 12.8 Å². The number of aryl methyl sites for hydroxylation is 1. The van der Waals surface area contributed by atoms with Crippen molar-refractivity contribution in [2.45, 2.75) is 70.6 Å². The van der Waals surface area contributed by atoms with Crippen molar-refractivity contribution in [1.82, 2.24) is 24.8 Å². The zero-order chi connectivity index (χ0) is 30.3. The summed E-state index contributed by atoms with van der Waals surface area (Å²) in [5.41, 5.74) is 6.86. The van der Waals surface area contributed by atoms with E-state index in [1.807, 2.05) is 13.8 Å². The number of piperazine rings is 1. The Morgan fingerprint density at radius 3 is 2.60 bits per heavy atom. The second-order valence-electron chi connectivity index (χ2n) is 12.0. The number of hydrogen-bond acceptors (Lipinski definition) is 8. The lowest BCUT2D eigenvalue weighted by atomic mass is 9.75. The van der Waals surface area contributed by atoms with E-state index in [4.69, 9.17) is 20.4 Å². The number of fused-ring (bicyclic) bond motifs is 1. The lowest BCUT2D eigenvalue weighted by Gasteiger charge is -2.42. The molecule has 0 radical (unpaired) electrons. The molecule has 1 amide bonds. The minimum absolute atomic E-state index is 0.0294. The maximum Gasteiger partial charge on any atom is 0.418 e. The van der Waals surface area contributed by atoms with Gasteiger partial charge in [-0.05, 0) is 76.7 Å². The van der Waals surface area contributed by atoms with E-state index in [2.05, 4.69) is 28.4 Å². The molecule has 0 spiro atoms. The molecule has 0 bridgehead atoms. The van der Waals surface area contributed by atoms with Crippen LogP contribution >= 0.6 is 0 Å². The summed E-state index contributed by atoms with van der Waals surface area (Å²) in [4.78, 5) is 32.4. The fraction of sp³-hybridized carbons (Fsp3) is 0.600. The first-order valence-corrected chi connectivity index (χ1v) is 14.6. The number of anilines is 2. The molecule has 2 saturated heterocycles. The van der Waals surface area contributed by atoms with E-state index in [9.17, 15) is 18.0 Å². The van der Waals surface area contributed by atoms with E-state index in [-0.39, 0.29) is 53.4 Å². The molecule has 2 aliphatic heterocycles. The second kappa shape index (κ2) is 11.7. The first-order chi connectivity index (χ1) is 19.9. The van der Waals surface area contributed by atoms with Crippen LogP contribution < -0.4 is 15.4 Å². The maximum atomic E-state index is 14.3. The summed E-state index contributed by atoms with van der Waals surface area (Å²) >= 11 is 0. The standard InChI is InChI=1S/C30H40F3N7O2/c1-6-25(41)39-10-11-40(19(4)15-39)28-22-12-17(2)21(27-26(30(31,32)33)18(3)13-24(34)36-27)14-23(22)35-29(37-28)42-16-20-8-7-9-38(20)5/h6,13,17,19-21H,1,7-12,14-16H2,2-5H3,(H2,34,36)/t17-,19?,20?,21-/m0/s1. The number of rotatable bonds is 6. The molecular weight excluding hydrogens is 547 g/mol. The van der Waals surface area contributed by atoms with Gasteiger partial charge in [0.1, 0.15) is 18.2 Å². The molecule has 42 heavy (non-hydrogen) atoms. The first kappa shape index (κ1) is 30.1. The molecular formula is C30H40F3N7O2. The fourth-order valence-electron chi connectivity index (χ4n) is 6.74. The van der Waals surface area contributed by atoms with E-state index in [1.165, 1.54) is 19.1 Å². The number of ether oxygens (including phenoxy) is 1. The summed E-state index contributed by atoms with van der Waals surface area (Å²) in [5, 5.41) is 0. The largest absolute Gasteiger partial charge is 0.462 e. The van der Waals surface area contributed by atoms with Crippen LogP contribution in [0.25, 0.3) is 0 Å². The van der Waals surface area contributed by atoms with Crippen molar-refractivity contribution in [2.24, 2.45) is 5.92 Å². The van der Waals surface area contributed by atoms with E-state index in [1.54, 1.807) is 4.90 Å². The highest BCUT2D eigenvalue weighted by atomic mass is 19.4. The molecule has 2 aromatic rings. The van der Waals surface area contributed by atoms with Gasteiger partial charge in [0, 0.05) is 43.2 Å². The Kier molecular flexibility index (Phi) is 8.37. The van der Waals surface area contributed by atoms with Crippen molar-refractivity contribution in [1.29, 1.82) is 0 Å². The molecule has 1 aliphatic carbocycles. The number of nitrogens with zero attached hydrogens (tertiary/aromatic N) is 6. The molecule has 2 N–H and O–H groups in total. The second-order valence-corrected chi connectivity index (χ2v) is 12.0. The quantitative estimate of drug-likeness (QED) is 0.507. The van der Waals surface area contributed by atoms with Gasteiger partial charge in [0.15, 0.2) is 0 Å². The number of likely N-dealkylation sites (tertiary alicyclic amines) is 1. The van der Waals surface area contributed by atoms with Crippen LogP contribution in [-0.4, -0.2) is 82.6 Å². The van der Waals surface area contributed by atoms with Gasteiger partial charge in [0.2, 0.25) is 5.91 Å². The monoisotopic (exact) mass is 587 g/mol. The number of carbonyl (C=O) groups excluding carboxylic acids is 1. The smallest absolute Gasteiger partial charge is 0.418 e. The third kappa shape index (κ3) is 5.91. The van der Waals surface area contributed by atoms with E-state index >= 15 is 0 Å². The van der Waals surface area contributed by atoms with Gasteiger partial charge in [-0.2, -0.15) is 23.1 Å². The molecule has 2 unspecified atom stereocenters. The van der Waals surface area contributed by atoms with Crippen molar-refractivity contribution in [3.63, 3.8) is 0 Å².